The molecule has 0 aliphatic rings. The van der Waals surface area contributed by atoms with Crippen LogP contribution in [0.25, 0.3) is 16.9 Å². The number of halogens is 2. The summed E-state index contributed by atoms with van der Waals surface area (Å²) in [6.45, 7) is 0. The molecule has 0 radical (unpaired) electrons. The van der Waals surface area contributed by atoms with Crippen LogP contribution in [0.5, 0.6) is 0 Å². The second-order valence-electron chi connectivity index (χ2n) is 4.44. The summed E-state index contributed by atoms with van der Waals surface area (Å²) in [6.07, 6.45) is 3.54. The van der Waals surface area contributed by atoms with Crippen LogP contribution in [0.15, 0.2) is 74.7 Å². The Bertz CT molecular complexity index is 827. The molecule has 1 aromatic carbocycles. The number of pyridine rings is 2. The maximum atomic E-state index is 12.3. The molecule has 0 spiro atoms. The van der Waals surface area contributed by atoms with Gasteiger partial charge in [0.15, 0.2) is 0 Å². The summed E-state index contributed by atoms with van der Waals surface area (Å²) in [4.78, 5) is 16.6. The minimum atomic E-state index is -0.1000. The molecule has 0 atom stereocenters. The molecule has 0 aliphatic heterocycles. The van der Waals surface area contributed by atoms with Crippen LogP contribution in [0.2, 0.25) is 0 Å². The fraction of sp³-hybridized carbons (Fsp3) is 0. The number of aromatic nitrogens is 2. The van der Waals surface area contributed by atoms with Gasteiger partial charge in [-0.1, -0.05) is 22.0 Å². The van der Waals surface area contributed by atoms with Crippen LogP contribution in [0.3, 0.4) is 0 Å². The van der Waals surface area contributed by atoms with E-state index in [1.807, 2.05) is 42.5 Å². The molecular formula is C16H10Br2N2O. The van der Waals surface area contributed by atoms with E-state index in [9.17, 15) is 4.79 Å². The summed E-state index contributed by atoms with van der Waals surface area (Å²) in [5.41, 5.74) is 2.41. The predicted octanol–water partition coefficient (Wildman–Crippen LogP) is 4.42. The van der Waals surface area contributed by atoms with E-state index in [4.69, 9.17) is 0 Å². The van der Waals surface area contributed by atoms with Crippen molar-refractivity contribution in [2.45, 2.75) is 0 Å². The first-order valence-electron chi connectivity index (χ1n) is 6.25. The van der Waals surface area contributed by atoms with Gasteiger partial charge in [-0.25, -0.2) is 0 Å². The van der Waals surface area contributed by atoms with Gasteiger partial charge in [0, 0.05) is 28.1 Å². The van der Waals surface area contributed by atoms with Crippen molar-refractivity contribution in [3.8, 4) is 16.9 Å². The third-order valence-electron chi connectivity index (χ3n) is 3.04. The van der Waals surface area contributed by atoms with E-state index in [0.717, 1.165) is 21.4 Å². The van der Waals surface area contributed by atoms with E-state index in [-0.39, 0.29) is 5.56 Å². The Morgan fingerprint density at radius 2 is 1.76 bits per heavy atom. The summed E-state index contributed by atoms with van der Waals surface area (Å²) in [5, 5.41) is 0. The molecule has 3 aromatic rings. The summed E-state index contributed by atoms with van der Waals surface area (Å²) < 4.78 is 3.09. The Kier molecular flexibility index (Phi) is 4.03. The van der Waals surface area contributed by atoms with E-state index < -0.39 is 0 Å². The highest BCUT2D eigenvalue weighted by Gasteiger charge is 2.08. The summed E-state index contributed by atoms with van der Waals surface area (Å²) in [7, 11) is 0. The van der Waals surface area contributed by atoms with Gasteiger partial charge in [-0.2, -0.15) is 0 Å². The molecule has 0 N–H and O–H groups in total. The van der Waals surface area contributed by atoms with Crippen molar-refractivity contribution in [2.75, 3.05) is 0 Å². The Morgan fingerprint density at radius 1 is 1.00 bits per heavy atom. The van der Waals surface area contributed by atoms with Crippen molar-refractivity contribution in [1.82, 2.24) is 9.55 Å². The standard InChI is InChI=1S/C16H10Br2N2O/c17-12-4-6-13(7-5-12)20-10-11(9-14(18)16(20)21)15-3-1-2-8-19-15/h1-10H. The first-order valence-corrected chi connectivity index (χ1v) is 7.83. The van der Waals surface area contributed by atoms with Crippen LogP contribution in [0.1, 0.15) is 0 Å². The Morgan fingerprint density at radius 3 is 2.43 bits per heavy atom. The van der Waals surface area contributed by atoms with Gasteiger partial charge in [0.05, 0.1) is 10.2 Å². The largest absolute Gasteiger partial charge is 0.283 e. The van der Waals surface area contributed by atoms with E-state index >= 15 is 0 Å². The predicted molar refractivity (Wildman–Crippen MR) is 90.7 cm³/mol. The minimum Gasteiger partial charge on any atom is -0.283 e. The maximum absolute atomic E-state index is 12.3. The third kappa shape index (κ3) is 2.99. The van der Waals surface area contributed by atoms with Crippen LogP contribution < -0.4 is 5.56 Å². The topological polar surface area (TPSA) is 34.9 Å². The Labute approximate surface area is 138 Å². The van der Waals surface area contributed by atoms with Crippen LogP contribution in [0.4, 0.5) is 0 Å². The Balaban J connectivity index is 2.19. The number of benzene rings is 1. The fourth-order valence-corrected chi connectivity index (χ4v) is 2.72. The molecule has 0 unspecified atom stereocenters. The molecule has 2 heterocycles. The Hall–Kier alpha value is -1.72. The average Bonchev–Trinajstić information content (AvgIpc) is 2.52. The number of rotatable bonds is 2. The molecule has 5 heteroatoms. The highest BCUT2D eigenvalue weighted by atomic mass is 79.9. The molecule has 0 aliphatic carbocycles. The second-order valence-corrected chi connectivity index (χ2v) is 6.21. The molecule has 21 heavy (non-hydrogen) atoms. The highest BCUT2D eigenvalue weighted by Crippen LogP contribution is 2.21. The maximum Gasteiger partial charge on any atom is 0.269 e. The lowest BCUT2D eigenvalue weighted by Gasteiger charge is -2.09. The van der Waals surface area contributed by atoms with Gasteiger partial charge in [0.25, 0.3) is 5.56 Å². The lowest BCUT2D eigenvalue weighted by atomic mass is 10.2. The first kappa shape index (κ1) is 14.2. The highest BCUT2D eigenvalue weighted by molar-refractivity contribution is 9.10. The van der Waals surface area contributed by atoms with Crippen LogP contribution in [-0.2, 0) is 0 Å². The van der Waals surface area contributed by atoms with Crippen molar-refractivity contribution >= 4 is 31.9 Å². The molecule has 0 amide bonds. The molecule has 0 fully saturated rings. The molecule has 3 rings (SSSR count). The van der Waals surface area contributed by atoms with E-state index in [1.165, 1.54) is 0 Å². The van der Waals surface area contributed by atoms with Gasteiger partial charge in [-0.3, -0.25) is 14.3 Å². The second kappa shape index (κ2) is 5.95. The lowest BCUT2D eigenvalue weighted by Crippen LogP contribution is -2.18. The SMILES string of the molecule is O=c1c(Br)cc(-c2ccccn2)cn1-c1ccc(Br)cc1. The van der Waals surface area contributed by atoms with E-state index in [2.05, 4.69) is 36.8 Å². The van der Waals surface area contributed by atoms with Crippen LogP contribution in [0, 0.1) is 0 Å². The van der Waals surface area contributed by atoms with Gasteiger partial charge >= 0.3 is 0 Å². The van der Waals surface area contributed by atoms with Gasteiger partial charge in [0.1, 0.15) is 0 Å². The van der Waals surface area contributed by atoms with Gasteiger partial charge < -0.3 is 0 Å². The smallest absolute Gasteiger partial charge is 0.269 e. The average molecular weight is 406 g/mol. The van der Waals surface area contributed by atoms with Gasteiger partial charge in [-0.15, -0.1) is 0 Å². The van der Waals surface area contributed by atoms with Crippen molar-refractivity contribution in [1.29, 1.82) is 0 Å². The minimum absolute atomic E-state index is 0.1000. The molecule has 0 saturated carbocycles. The van der Waals surface area contributed by atoms with E-state index in [1.54, 1.807) is 23.0 Å². The zero-order chi connectivity index (χ0) is 14.8. The normalized spacial score (nSPS) is 10.6. The molecule has 0 bridgehead atoms. The summed E-state index contributed by atoms with van der Waals surface area (Å²) in [5.74, 6) is 0. The van der Waals surface area contributed by atoms with Crippen molar-refractivity contribution in [3.05, 3.63) is 80.2 Å². The van der Waals surface area contributed by atoms with E-state index in [0.29, 0.717) is 4.47 Å². The van der Waals surface area contributed by atoms with Crippen molar-refractivity contribution in [3.63, 3.8) is 0 Å². The zero-order valence-corrected chi connectivity index (χ0v) is 14.0. The van der Waals surface area contributed by atoms with Crippen molar-refractivity contribution < 1.29 is 0 Å². The molecule has 0 saturated heterocycles. The molecule has 2 aromatic heterocycles. The zero-order valence-electron chi connectivity index (χ0n) is 10.8. The summed E-state index contributed by atoms with van der Waals surface area (Å²) >= 11 is 6.73. The monoisotopic (exact) mass is 404 g/mol. The molecule has 104 valence electrons. The fourth-order valence-electron chi connectivity index (χ4n) is 2.02. The van der Waals surface area contributed by atoms with Crippen molar-refractivity contribution in [2.24, 2.45) is 0 Å². The van der Waals surface area contributed by atoms with Gasteiger partial charge in [0.2, 0.25) is 0 Å². The summed E-state index contributed by atoms with van der Waals surface area (Å²) in [6, 6.07) is 15.1. The third-order valence-corrected chi connectivity index (χ3v) is 4.14. The number of hydrogen-bond donors (Lipinski definition) is 0. The first-order chi connectivity index (χ1) is 10.1. The molecule has 3 nitrogen and oxygen atoms in total. The van der Waals surface area contributed by atoms with Crippen LogP contribution in [-0.4, -0.2) is 9.55 Å². The van der Waals surface area contributed by atoms with Crippen LogP contribution >= 0.6 is 31.9 Å². The number of nitrogens with zero attached hydrogens (tertiary/aromatic N) is 2. The number of hydrogen-bond acceptors (Lipinski definition) is 2. The lowest BCUT2D eigenvalue weighted by molar-refractivity contribution is 0.980. The quantitative estimate of drug-likeness (QED) is 0.632. The molecular weight excluding hydrogens is 396 g/mol. The van der Waals surface area contributed by atoms with Gasteiger partial charge in [-0.05, 0) is 58.4 Å².